The van der Waals surface area contributed by atoms with Gasteiger partial charge in [0.2, 0.25) is 0 Å². The summed E-state index contributed by atoms with van der Waals surface area (Å²) in [6.45, 7) is 2.56. The molecule has 0 amide bonds. The number of ether oxygens (including phenoxy) is 1. The summed E-state index contributed by atoms with van der Waals surface area (Å²) in [5.74, 6) is -0.435. The molecule has 1 saturated heterocycles. The molecular weight excluding hydrogens is 194 g/mol. The van der Waals surface area contributed by atoms with Gasteiger partial charge in [-0.15, -0.1) is 0 Å². The molecule has 1 rings (SSSR count). The van der Waals surface area contributed by atoms with E-state index in [0.717, 1.165) is 17.6 Å². The molecule has 1 fully saturated rings. The first kappa shape index (κ1) is 12.2. The molecule has 1 aliphatic heterocycles. The molecule has 0 saturated carbocycles. The number of likely N-dealkylation sites (tertiary alicyclic amines) is 1. The number of carbonyl (C=O) groups excluding carboxylic acids is 2. The van der Waals surface area contributed by atoms with Crippen molar-refractivity contribution in [2.75, 3.05) is 33.8 Å². The SMILES string of the molecule is COC(=O)CC(=O)C[N+]1(C)CCCCC1. The molecule has 1 aliphatic rings. The molecule has 0 radical (unpaired) electrons. The van der Waals surface area contributed by atoms with Crippen molar-refractivity contribution < 1.29 is 18.8 Å². The standard InChI is InChI=1S/C11H20NO3/c1-12(6-4-3-5-7-12)9-10(13)8-11(14)15-2/h3-9H2,1-2H3/q+1. The second kappa shape index (κ2) is 5.26. The van der Waals surface area contributed by atoms with E-state index in [0.29, 0.717) is 6.54 Å². The van der Waals surface area contributed by atoms with Gasteiger partial charge in [0, 0.05) is 0 Å². The van der Waals surface area contributed by atoms with Crippen LogP contribution in [-0.4, -0.2) is 50.0 Å². The lowest BCUT2D eigenvalue weighted by Crippen LogP contribution is -2.51. The van der Waals surface area contributed by atoms with Crippen LogP contribution < -0.4 is 0 Å². The predicted octanol–water partition coefficient (Wildman–Crippen LogP) is 0.749. The summed E-state index contributed by atoms with van der Waals surface area (Å²) in [5.41, 5.74) is 0. The predicted molar refractivity (Wildman–Crippen MR) is 56.3 cm³/mol. The third kappa shape index (κ3) is 4.00. The number of quaternary nitrogens is 1. The number of rotatable bonds is 4. The molecule has 0 aromatic heterocycles. The molecule has 0 spiro atoms. The van der Waals surface area contributed by atoms with Crippen molar-refractivity contribution in [3.63, 3.8) is 0 Å². The summed E-state index contributed by atoms with van der Waals surface area (Å²) >= 11 is 0. The molecule has 1 heterocycles. The Bertz CT molecular complexity index is 244. The quantitative estimate of drug-likeness (QED) is 0.394. The fourth-order valence-electron chi connectivity index (χ4n) is 2.15. The fourth-order valence-corrected chi connectivity index (χ4v) is 2.15. The maximum Gasteiger partial charge on any atom is 0.313 e. The van der Waals surface area contributed by atoms with Crippen LogP contribution in [0.2, 0.25) is 0 Å². The minimum absolute atomic E-state index is 0.00810. The van der Waals surface area contributed by atoms with Crippen LogP contribution in [0.4, 0.5) is 0 Å². The third-order valence-corrected chi connectivity index (χ3v) is 3.02. The van der Waals surface area contributed by atoms with Crippen LogP contribution in [0.1, 0.15) is 25.7 Å². The van der Waals surface area contributed by atoms with Crippen molar-refractivity contribution in [1.82, 2.24) is 0 Å². The molecule has 0 atom stereocenters. The van der Waals surface area contributed by atoms with Gasteiger partial charge in [-0.3, -0.25) is 9.59 Å². The van der Waals surface area contributed by atoms with Crippen LogP contribution in [0.25, 0.3) is 0 Å². The maximum absolute atomic E-state index is 11.6. The van der Waals surface area contributed by atoms with Gasteiger partial charge < -0.3 is 9.22 Å². The summed E-state index contributed by atoms with van der Waals surface area (Å²) in [7, 11) is 3.40. The van der Waals surface area contributed by atoms with Crippen LogP contribution in [0.15, 0.2) is 0 Å². The number of piperidine rings is 1. The van der Waals surface area contributed by atoms with Crippen molar-refractivity contribution in [2.24, 2.45) is 0 Å². The molecule has 15 heavy (non-hydrogen) atoms. The number of methoxy groups -OCH3 is 1. The molecule has 0 bridgehead atoms. The number of esters is 1. The summed E-state index contributed by atoms with van der Waals surface area (Å²) in [6, 6.07) is 0. The molecule has 0 aromatic carbocycles. The highest BCUT2D eigenvalue weighted by molar-refractivity contribution is 5.96. The minimum atomic E-state index is -0.427. The minimum Gasteiger partial charge on any atom is -0.469 e. The van der Waals surface area contributed by atoms with Crippen LogP contribution in [0.5, 0.6) is 0 Å². The van der Waals surface area contributed by atoms with Gasteiger partial charge in [-0.2, -0.15) is 0 Å². The van der Waals surface area contributed by atoms with Gasteiger partial charge >= 0.3 is 5.97 Å². The lowest BCUT2D eigenvalue weighted by atomic mass is 10.1. The van der Waals surface area contributed by atoms with E-state index in [2.05, 4.69) is 11.8 Å². The summed E-state index contributed by atoms with van der Waals surface area (Å²) in [4.78, 5) is 22.5. The molecule has 4 heteroatoms. The Hall–Kier alpha value is -0.900. The van der Waals surface area contributed by atoms with Gasteiger partial charge in [0.05, 0.1) is 27.2 Å². The number of Topliss-reactive ketones (excluding diaryl/α,β-unsaturated/α-hetero) is 1. The second-order valence-electron chi connectivity index (χ2n) is 4.58. The van der Waals surface area contributed by atoms with Gasteiger partial charge in [0.25, 0.3) is 0 Å². The molecule has 0 N–H and O–H groups in total. The van der Waals surface area contributed by atoms with Crippen LogP contribution in [0.3, 0.4) is 0 Å². The zero-order chi connectivity index (χ0) is 11.3. The lowest BCUT2D eigenvalue weighted by Gasteiger charge is -2.37. The van der Waals surface area contributed by atoms with E-state index in [-0.39, 0.29) is 12.2 Å². The first-order valence-electron chi connectivity index (χ1n) is 5.48. The van der Waals surface area contributed by atoms with Crippen molar-refractivity contribution >= 4 is 11.8 Å². The van der Waals surface area contributed by atoms with E-state index in [1.807, 2.05) is 0 Å². The number of ketones is 1. The number of hydrogen-bond donors (Lipinski definition) is 0. The Morgan fingerprint density at radius 1 is 1.20 bits per heavy atom. The Morgan fingerprint density at radius 2 is 1.80 bits per heavy atom. The Labute approximate surface area is 90.8 Å². The normalized spacial score (nSPS) is 19.6. The van der Waals surface area contributed by atoms with Crippen molar-refractivity contribution in [3.05, 3.63) is 0 Å². The Morgan fingerprint density at radius 3 is 2.33 bits per heavy atom. The van der Waals surface area contributed by atoms with Gasteiger partial charge in [0.15, 0.2) is 5.78 Å². The van der Waals surface area contributed by atoms with Gasteiger partial charge in [-0.25, -0.2) is 0 Å². The maximum atomic E-state index is 11.6. The zero-order valence-corrected chi connectivity index (χ0v) is 9.62. The second-order valence-corrected chi connectivity index (χ2v) is 4.58. The Kier molecular flexibility index (Phi) is 4.27. The molecular formula is C11H20NO3+. The van der Waals surface area contributed by atoms with Crippen molar-refractivity contribution in [1.29, 1.82) is 0 Å². The van der Waals surface area contributed by atoms with Crippen LogP contribution in [-0.2, 0) is 14.3 Å². The third-order valence-electron chi connectivity index (χ3n) is 3.02. The molecule has 86 valence electrons. The summed E-state index contributed by atoms with van der Waals surface area (Å²) < 4.78 is 5.26. The van der Waals surface area contributed by atoms with Crippen LogP contribution in [0, 0.1) is 0 Å². The molecule has 0 aromatic rings. The monoisotopic (exact) mass is 214 g/mol. The zero-order valence-electron chi connectivity index (χ0n) is 9.62. The summed E-state index contributed by atoms with van der Waals surface area (Å²) in [6.07, 6.45) is 3.55. The van der Waals surface area contributed by atoms with E-state index in [1.54, 1.807) is 0 Å². The topological polar surface area (TPSA) is 43.4 Å². The van der Waals surface area contributed by atoms with Crippen LogP contribution >= 0.6 is 0 Å². The first-order chi connectivity index (χ1) is 7.06. The highest BCUT2D eigenvalue weighted by Gasteiger charge is 2.28. The number of nitrogens with zero attached hydrogens (tertiary/aromatic N) is 1. The molecule has 0 unspecified atom stereocenters. The fraction of sp³-hybridized carbons (Fsp3) is 0.818. The molecule has 4 nitrogen and oxygen atoms in total. The average Bonchev–Trinajstić information content (AvgIpc) is 2.17. The number of hydrogen-bond acceptors (Lipinski definition) is 3. The first-order valence-corrected chi connectivity index (χ1v) is 5.48. The van der Waals surface area contributed by atoms with Gasteiger partial charge in [-0.05, 0) is 19.3 Å². The van der Waals surface area contributed by atoms with Gasteiger partial charge in [-0.1, -0.05) is 0 Å². The average molecular weight is 214 g/mol. The number of carbonyl (C=O) groups is 2. The molecule has 0 aliphatic carbocycles. The van der Waals surface area contributed by atoms with E-state index >= 15 is 0 Å². The van der Waals surface area contributed by atoms with E-state index in [4.69, 9.17) is 0 Å². The number of likely N-dealkylation sites (N-methyl/N-ethyl adjacent to an activating group) is 1. The lowest BCUT2D eigenvalue weighted by molar-refractivity contribution is -0.906. The highest BCUT2D eigenvalue weighted by atomic mass is 16.5. The smallest absolute Gasteiger partial charge is 0.313 e. The van der Waals surface area contributed by atoms with Crippen molar-refractivity contribution in [3.8, 4) is 0 Å². The van der Waals surface area contributed by atoms with E-state index < -0.39 is 5.97 Å². The summed E-state index contributed by atoms with van der Waals surface area (Å²) in [5, 5.41) is 0. The highest BCUT2D eigenvalue weighted by Crippen LogP contribution is 2.16. The largest absolute Gasteiger partial charge is 0.469 e. The van der Waals surface area contributed by atoms with Gasteiger partial charge in [0.1, 0.15) is 13.0 Å². The van der Waals surface area contributed by atoms with E-state index in [9.17, 15) is 9.59 Å². The van der Waals surface area contributed by atoms with E-state index in [1.165, 1.54) is 26.4 Å². The van der Waals surface area contributed by atoms with Crippen molar-refractivity contribution in [2.45, 2.75) is 25.7 Å². The Balaban J connectivity index is 2.38.